The molecule has 2 rings (SSSR count). The number of para-hydroxylation sites is 1. The first-order valence-corrected chi connectivity index (χ1v) is 5.98. The predicted octanol–water partition coefficient (Wildman–Crippen LogP) is 2.69. The molecule has 3 nitrogen and oxygen atoms in total. The number of hydrogen-bond donors (Lipinski definition) is 2. The van der Waals surface area contributed by atoms with Gasteiger partial charge in [-0.15, -0.1) is 0 Å². The number of fused-ring (bicyclic) bond motifs is 1. The van der Waals surface area contributed by atoms with Gasteiger partial charge in [0.25, 0.3) is 0 Å². The Balaban J connectivity index is 2.44. The number of hydrogen-bond acceptors (Lipinski definition) is 3. The molecule has 0 spiro atoms. The van der Waals surface area contributed by atoms with Gasteiger partial charge in [0.05, 0.1) is 5.52 Å². The van der Waals surface area contributed by atoms with Crippen molar-refractivity contribution in [2.24, 2.45) is 0 Å². The second kappa shape index (κ2) is 5.15. The molecule has 1 unspecified atom stereocenters. The van der Waals surface area contributed by atoms with E-state index in [4.69, 9.17) is 10.8 Å². The molecule has 0 bridgehead atoms. The molecule has 0 aliphatic rings. The first-order valence-electron chi connectivity index (χ1n) is 5.98. The summed E-state index contributed by atoms with van der Waals surface area (Å²) in [6.07, 6.45) is 1.78. The number of benzene rings is 1. The van der Waals surface area contributed by atoms with Crippen molar-refractivity contribution in [2.45, 2.75) is 25.7 Å². The predicted molar refractivity (Wildman–Crippen MR) is 70.9 cm³/mol. The van der Waals surface area contributed by atoms with Crippen LogP contribution >= 0.6 is 0 Å². The highest BCUT2D eigenvalue weighted by Gasteiger charge is 2.10. The number of pyridine rings is 1. The standard InChI is InChI=1S/C14H18N2O/c1-10(5-4-8-17)12-9-14(15)16-13-7-3-2-6-11(12)13/h2-3,6-7,9-10,17H,4-5,8H2,1H3,(H2,15,16). The van der Waals surface area contributed by atoms with Crippen LogP contribution in [0.25, 0.3) is 10.9 Å². The average Bonchev–Trinajstić information content (AvgIpc) is 2.34. The smallest absolute Gasteiger partial charge is 0.124 e. The van der Waals surface area contributed by atoms with E-state index in [1.165, 1.54) is 5.56 Å². The van der Waals surface area contributed by atoms with Crippen molar-refractivity contribution >= 4 is 16.7 Å². The van der Waals surface area contributed by atoms with Crippen molar-refractivity contribution in [3.8, 4) is 0 Å². The summed E-state index contributed by atoms with van der Waals surface area (Å²) in [5.41, 5.74) is 8.00. The van der Waals surface area contributed by atoms with Crippen LogP contribution in [-0.4, -0.2) is 16.7 Å². The Labute approximate surface area is 101 Å². The van der Waals surface area contributed by atoms with E-state index in [-0.39, 0.29) is 6.61 Å². The molecule has 1 aromatic carbocycles. The minimum Gasteiger partial charge on any atom is -0.396 e. The fourth-order valence-corrected chi connectivity index (χ4v) is 2.18. The van der Waals surface area contributed by atoms with Crippen LogP contribution in [0.3, 0.4) is 0 Å². The van der Waals surface area contributed by atoms with E-state index in [1.807, 2.05) is 24.3 Å². The van der Waals surface area contributed by atoms with Gasteiger partial charge in [-0.2, -0.15) is 0 Å². The second-order valence-corrected chi connectivity index (χ2v) is 4.42. The molecule has 0 fully saturated rings. The van der Waals surface area contributed by atoms with Gasteiger partial charge >= 0.3 is 0 Å². The summed E-state index contributed by atoms with van der Waals surface area (Å²) in [6.45, 7) is 2.40. The van der Waals surface area contributed by atoms with Crippen molar-refractivity contribution in [1.82, 2.24) is 4.98 Å². The molecule has 3 heteroatoms. The van der Waals surface area contributed by atoms with Gasteiger partial charge < -0.3 is 10.8 Å². The zero-order valence-corrected chi connectivity index (χ0v) is 10.1. The first kappa shape index (κ1) is 11.9. The number of aliphatic hydroxyl groups excluding tert-OH is 1. The lowest BCUT2D eigenvalue weighted by atomic mass is 9.93. The summed E-state index contributed by atoms with van der Waals surface area (Å²) >= 11 is 0. The Morgan fingerprint density at radius 3 is 2.88 bits per heavy atom. The van der Waals surface area contributed by atoms with Crippen molar-refractivity contribution in [2.75, 3.05) is 12.3 Å². The zero-order chi connectivity index (χ0) is 12.3. The van der Waals surface area contributed by atoms with E-state index in [1.54, 1.807) is 0 Å². The zero-order valence-electron chi connectivity index (χ0n) is 10.1. The maximum atomic E-state index is 8.89. The normalized spacial score (nSPS) is 12.8. The summed E-state index contributed by atoms with van der Waals surface area (Å²) in [5, 5.41) is 10.1. The summed E-state index contributed by atoms with van der Waals surface area (Å²) in [4.78, 5) is 4.33. The van der Waals surface area contributed by atoms with Gasteiger partial charge in [0.1, 0.15) is 5.82 Å². The summed E-state index contributed by atoms with van der Waals surface area (Å²) in [7, 11) is 0. The minimum atomic E-state index is 0.239. The van der Waals surface area contributed by atoms with Crippen LogP contribution in [0, 0.1) is 0 Å². The lowest BCUT2D eigenvalue weighted by Crippen LogP contribution is -2.00. The summed E-state index contributed by atoms with van der Waals surface area (Å²) in [6, 6.07) is 9.99. The fraction of sp³-hybridized carbons (Fsp3) is 0.357. The molecule has 1 atom stereocenters. The Kier molecular flexibility index (Phi) is 3.59. The lowest BCUT2D eigenvalue weighted by Gasteiger charge is -2.14. The van der Waals surface area contributed by atoms with Gasteiger partial charge in [-0.1, -0.05) is 25.1 Å². The van der Waals surface area contributed by atoms with E-state index in [9.17, 15) is 0 Å². The Morgan fingerprint density at radius 2 is 2.12 bits per heavy atom. The molecule has 0 saturated heterocycles. The van der Waals surface area contributed by atoms with Crippen LogP contribution in [0.5, 0.6) is 0 Å². The summed E-state index contributed by atoms with van der Waals surface area (Å²) < 4.78 is 0. The van der Waals surface area contributed by atoms with Crippen molar-refractivity contribution in [1.29, 1.82) is 0 Å². The number of rotatable bonds is 4. The molecule has 90 valence electrons. The van der Waals surface area contributed by atoms with Crippen molar-refractivity contribution in [3.05, 3.63) is 35.9 Å². The molecule has 1 aromatic heterocycles. The van der Waals surface area contributed by atoms with Crippen LogP contribution in [0.1, 0.15) is 31.2 Å². The maximum absolute atomic E-state index is 8.89. The van der Waals surface area contributed by atoms with Gasteiger partial charge in [-0.05, 0) is 36.5 Å². The van der Waals surface area contributed by atoms with Gasteiger partial charge in [0.2, 0.25) is 0 Å². The van der Waals surface area contributed by atoms with Crippen molar-refractivity contribution in [3.63, 3.8) is 0 Å². The third-order valence-electron chi connectivity index (χ3n) is 3.09. The Hall–Kier alpha value is -1.61. The largest absolute Gasteiger partial charge is 0.396 e. The molecular weight excluding hydrogens is 212 g/mol. The highest BCUT2D eigenvalue weighted by Crippen LogP contribution is 2.28. The number of nitrogens with two attached hydrogens (primary N) is 1. The fourth-order valence-electron chi connectivity index (χ4n) is 2.18. The van der Waals surface area contributed by atoms with Crippen LogP contribution < -0.4 is 5.73 Å². The van der Waals surface area contributed by atoms with E-state index in [0.29, 0.717) is 11.7 Å². The molecule has 0 aliphatic heterocycles. The maximum Gasteiger partial charge on any atom is 0.124 e. The second-order valence-electron chi connectivity index (χ2n) is 4.42. The third-order valence-corrected chi connectivity index (χ3v) is 3.09. The highest BCUT2D eigenvalue weighted by atomic mass is 16.2. The molecule has 0 radical (unpaired) electrons. The molecular formula is C14H18N2O. The van der Waals surface area contributed by atoms with Gasteiger partial charge in [-0.25, -0.2) is 4.98 Å². The molecule has 0 amide bonds. The van der Waals surface area contributed by atoms with Crippen LogP contribution in [0.2, 0.25) is 0 Å². The molecule has 2 aromatic rings. The summed E-state index contributed by atoms with van der Waals surface area (Å²) in [5.74, 6) is 0.951. The van der Waals surface area contributed by atoms with Crippen LogP contribution in [0.15, 0.2) is 30.3 Å². The minimum absolute atomic E-state index is 0.239. The van der Waals surface area contributed by atoms with E-state index in [0.717, 1.165) is 23.7 Å². The average molecular weight is 230 g/mol. The van der Waals surface area contributed by atoms with Gasteiger partial charge in [0, 0.05) is 12.0 Å². The van der Waals surface area contributed by atoms with E-state index in [2.05, 4.69) is 18.0 Å². The van der Waals surface area contributed by atoms with Crippen LogP contribution in [0.4, 0.5) is 5.82 Å². The molecule has 3 N–H and O–H groups in total. The number of anilines is 1. The quantitative estimate of drug-likeness (QED) is 0.849. The molecule has 17 heavy (non-hydrogen) atoms. The Bertz CT molecular complexity index is 511. The Morgan fingerprint density at radius 1 is 1.35 bits per heavy atom. The molecule has 0 aliphatic carbocycles. The third kappa shape index (κ3) is 2.56. The topological polar surface area (TPSA) is 59.1 Å². The number of aromatic nitrogens is 1. The SMILES string of the molecule is CC(CCCO)c1cc(N)nc2ccccc12. The van der Waals surface area contributed by atoms with E-state index < -0.39 is 0 Å². The number of nitrogens with zero attached hydrogens (tertiary/aromatic N) is 1. The van der Waals surface area contributed by atoms with Gasteiger partial charge in [-0.3, -0.25) is 0 Å². The monoisotopic (exact) mass is 230 g/mol. The van der Waals surface area contributed by atoms with Crippen molar-refractivity contribution < 1.29 is 5.11 Å². The molecule has 0 saturated carbocycles. The lowest BCUT2D eigenvalue weighted by molar-refractivity contribution is 0.281. The highest BCUT2D eigenvalue weighted by molar-refractivity contribution is 5.84. The number of aliphatic hydroxyl groups is 1. The first-order chi connectivity index (χ1) is 8.22. The molecule has 1 heterocycles. The van der Waals surface area contributed by atoms with E-state index >= 15 is 0 Å². The number of nitrogen functional groups attached to an aromatic ring is 1. The van der Waals surface area contributed by atoms with Crippen LogP contribution in [-0.2, 0) is 0 Å². The van der Waals surface area contributed by atoms with Gasteiger partial charge in [0.15, 0.2) is 0 Å².